The molecule has 1 aromatic heterocycles. The van der Waals surface area contributed by atoms with Crippen LogP contribution in [0, 0.1) is 6.92 Å². The summed E-state index contributed by atoms with van der Waals surface area (Å²) >= 11 is 6.26. The standard InChI is InChI=1S/C24H25ClN2O2/c1-16-13-19-20(15-26-24(19)21(25)14-16)22(28)7-8-23(29)27-11-9-18(10-12-27)17-5-3-2-4-6-17/h2-6,13-15,18,26H,7-12H2,1H3. The number of rotatable bonds is 5. The summed E-state index contributed by atoms with van der Waals surface area (Å²) in [6, 6.07) is 14.3. The molecule has 150 valence electrons. The van der Waals surface area contributed by atoms with Crippen LogP contribution in [0.2, 0.25) is 5.02 Å². The van der Waals surface area contributed by atoms with E-state index in [4.69, 9.17) is 11.6 Å². The Bertz CT molecular complexity index is 1030. The number of fused-ring (bicyclic) bond motifs is 1. The predicted octanol–water partition coefficient (Wildman–Crippen LogP) is 5.50. The molecule has 2 heterocycles. The fourth-order valence-corrected chi connectivity index (χ4v) is 4.58. The van der Waals surface area contributed by atoms with Gasteiger partial charge in [-0.05, 0) is 48.9 Å². The number of halogens is 1. The molecule has 1 N–H and O–H groups in total. The van der Waals surface area contributed by atoms with Gasteiger partial charge in [0.2, 0.25) is 5.91 Å². The number of benzene rings is 2. The van der Waals surface area contributed by atoms with E-state index in [0.29, 0.717) is 16.5 Å². The first-order valence-electron chi connectivity index (χ1n) is 10.2. The maximum atomic E-state index is 12.7. The van der Waals surface area contributed by atoms with Crippen LogP contribution in [-0.2, 0) is 4.79 Å². The van der Waals surface area contributed by atoms with E-state index < -0.39 is 0 Å². The number of amides is 1. The van der Waals surface area contributed by atoms with Crippen molar-refractivity contribution in [2.45, 2.75) is 38.5 Å². The molecule has 0 spiro atoms. The molecule has 1 aliphatic rings. The van der Waals surface area contributed by atoms with E-state index in [1.807, 2.05) is 30.0 Å². The van der Waals surface area contributed by atoms with Gasteiger partial charge >= 0.3 is 0 Å². The molecule has 1 fully saturated rings. The topological polar surface area (TPSA) is 53.2 Å². The van der Waals surface area contributed by atoms with Crippen molar-refractivity contribution in [3.05, 3.63) is 70.4 Å². The summed E-state index contributed by atoms with van der Waals surface area (Å²) in [6.07, 6.45) is 4.12. The lowest BCUT2D eigenvalue weighted by Gasteiger charge is -2.32. The monoisotopic (exact) mass is 408 g/mol. The number of likely N-dealkylation sites (tertiary alicyclic amines) is 1. The number of hydrogen-bond donors (Lipinski definition) is 1. The third kappa shape index (κ3) is 4.23. The second kappa shape index (κ2) is 8.42. The summed E-state index contributed by atoms with van der Waals surface area (Å²) in [5, 5.41) is 1.44. The van der Waals surface area contributed by atoms with Crippen LogP contribution in [0.5, 0.6) is 0 Å². The number of aromatic nitrogens is 1. The summed E-state index contributed by atoms with van der Waals surface area (Å²) < 4.78 is 0. The number of Topliss-reactive ketones (excluding diaryl/α,β-unsaturated/α-hetero) is 1. The van der Waals surface area contributed by atoms with Crippen LogP contribution in [-0.4, -0.2) is 34.7 Å². The lowest BCUT2D eigenvalue weighted by Crippen LogP contribution is -2.38. The van der Waals surface area contributed by atoms with Crippen molar-refractivity contribution in [3.8, 4) is 0 Å². The second-order valence-electron chi connectivity index (χ2n) is 7.86. The first kappa shape index (κ1) is 19.7. The van der Waals surface area contributed by atoms with Gasteiger partial charge in [-0.15, -0.1) is 0 Å². The van der Waals surface area contributed by atoms with Gasteiger partial charge in [0.05, 0.1) is 10.5 Å². The lowest BCUT2D eigenvalue weighted by molar-refractivity contribution is -0.132. The Morgan fingerprint density at radius 1 is 1.10 bits per heavy atom. The minimum Gasteiger partial charge on any atom is -0.359 e. The van der Waals surface area contributed by atoms with E-state index in [2.05, 4.69) is 29.2 Å². The van der Waals surface area contributed by atoms with Crippen LogP contribution in [0.1, 0.15) is 53.1 Å². The number of carbonyl (C=O) groups is 2. The molecule has 0 saturated carbocycles. The van der Waals surface area contributed by atoms with Crippen molar-refractivity contribution < 1.29 is 9.59 Å². The van der Waals surface area contributed by atoms with E-state index in [-0.39, 0.29) is 24.5 Å². The smallest absolute Gasteiger partial charge is 0.223 e. The van der Waals surface area contributed by atoms with Gasteiger partial charge in [0, 0.05) is 43.1 Å². The molecule has 0 radical (unpaired) electrons. The molecule has 2 aromatic carbocycles. The Kier molecular flexibility index (Phi) is 5.72. The molecular weight excluding hydrogens is 384 g/mol. The van der Waals surface area contributed by atoms with Gasteiger partial charge in [0.1, 0.15) is 0 Å². The minimum absolute atomic E-state index is 0.0227. The maximum Gasteiger partial charge on any atom is 0.223 e. The maximum absolute atomic E-state index is 12.7. The van der Waals surface area contributed by atoms with E-state index in [1.54, 1.807) is 6.20 Å². The van der Waals surface area contributed by atoms with Gasteiger partial charge < -0.3 is 9.88 Å². The molecule has 29 heavy (non-hydrogen) atoms. The normalized spacial score (nSPS) is 15.0. The van der Waals surface area contributed by atoms with Gasteiger partial charge in [0.25, 0.3) is 0 Å². The average Bonchev–Trinajstić information content (AvgIpc) is 3.17. The fourth-order valence-electron chi connectivity index (χ4n) is 4.25. The Hall–Kier alpha value is -2.59. The number of piperidine rings is 1. The van der Waals surface area contributed by atoms with Gasteiger partial charge in [0.15, 0.2) is 5.78 Å². The number of aryl methyl sites for hydroxylation is 1. The minimum atomic E-state index is -0.0227. The summed E-state index contributed by atoms with van der Waals surface area (Å²) in [5.41, 5.74) is 3.74. The van der Waals surface area contributed by atoms with Crippen LogP contribution >= 0.6 is 11.6 Å². The first-order chi connectivity index (χ1) is 14.0. The highest BCUT2D eigenvalue weighted by Gasteiger charge is 2.24. The van der Waals surface area contributed by atoms with E-state index in [0.717, 1.165) is 42.4 Å². The lowest BCUT2D eigenvalue weighted by atomic mass is 9.89. The Balaban J connectivity index is 1.34. The molecule has 0 aliphatic carbocycles. The van der Waals surface area contributed by atoms with Crippen LogP contribution in [0.4, 0.5) is 0 Å². The van der Waals surface area contributed by atoms with Gasteiger partial charge in [-0.1, -0.05) is 41.9 Å². The van der Waals surface area contributed by atoms with Crippen LogP contribution in [0.25, 0.3) is 10.9 Å². The zero-order chi connectivity index (χ0) is 20.4. The zero-order valence-electron chi connectivity index (χ0n) is 16.6. The van der Waals surface area contributed by atoms with Crippen molar-refractivity contribution in [1.29, 1.82) is 0 Å². The van der Waals surface area contributed by atoms with Crippen molar-refractivity contribution >= 4 is 34.2 Å². The molecule has 1 aliphatic heterocycles. The van der Waals surface area contributed by atoms with Crippen LogP contribution in [0.3, 0.4) is 0 Å². The fraction of sp³-hybridized carbons (Fsp3) is 0.333. The highest BCUT2D eigenvalue weighted by Crippen LogP contribution is 2.29. The molecule has 1 amide bonds. The molecule has 0 bridgehead atoms. The average molecular weight is 409 g/mol. The molecule has 0 atom stereocenters. The Morgan fingerprint density at radius 3 is 2.55 bits per heavy atom. The molecule has 4 rings (SSSR count). The SMILES string of the molecule is Cc1cc(Cl)c2[nH]cc(C(=O)CCC(=O)N3CCC(c4ccccc4)CC3)c2c1. The van der Waals surface area contributed by atoms with Crippen molar-refractivity contribution in [3.63, 3.8) is 0 Å². The van der Waals surface area contributed by atoms with E-state index >= 15 is 0 Å². The van der Waals surface area contributed by atoms with Gasteiger partial charge in [-0.3, -0.25) is 9.59 Å². The van der Waals surface area contributed by atoms with Crippen molar-refractivity contribution in [1.82, 2.24) is 9.88 Å². The van der Waals surface area contributed by atoms with Gasteiger partial charge in [-0.2, -0.15) is 0 Å². The third-order valence-electron chi connectivity index (χ3n) is 5.87. The van der Waals surface area contributed by atoms with Gasteiger partial charge in [-0.25, -0.2) is 0 Å². The number of nitrogens with zero attached hydrogens (tertiary/aromatic N) is 1. The van der Waals surface area contributed by atoms with E-state index in [9.17, 15) is 9.59 Å². The number of aromatic amines is 1. The third-order valence-corrected chi connectivity index (χ3v) is 6.17. The molecular formula is C24H25ClN2O2. The number of hydrogen-bond acceptors (Lipinski definition) is 2. The molecule has 1 saturated heterocycles. The first-order valence-corrected chi connectivity index (χ1v) is 10.5. The number of H-pyrrole nitrogens is 1. The molecule has 5 heteroatoms. The largest absolute Gasteiger partial charge is 0.359 e. The van der Waals surface area contributed by atoms with Crippen molar-refractivity contribution in [2.24, 2.45) is 0 Å². The molecule has 3 aromatic rings. The Morgan fingerprint density at radius 2 is 1.83 bits per heavy atom. The van der Waals surface area contributed by atoms with Crippen LogP contribution < -0.4 is 0 Å². The van der Waals surface area contributed by atoms with Crippen molar-refractivity contribution in [2.75, 3.05) is 13.1 Å². The summed E-state index contributed by atoms with van der Waals surface area (Å²) in [4.78, 5) is 30.4. The number of ketones is 1. The highest BCUT2D eigenvalue weighted by atomic mass is 35.5. The molecule has 4 nitrogen and oxygen atoms in total. The number of carbonyl (C=O) groups excluding carboxylic acids is 2. The second-order valence-corrected chi connectivity index (χ2v) is 8.27. The highest BCUT2D eigenvalue weighted by molar-refractivity contribution is 6.35. The van der Waals surface area contributed by atoms with Crippen LogP contribution in [0.15, 0.2) is 48.7 Å². The quantitative estimate of drug-likeness (QED) is 0.567. The summed E-state index contributed by atoms with van der Waals surface area (Å²) in [7, 11) is 0. The van der Waals surface area contributed by atoms with E-state index in [1.165, 1.54) is 5.56 Å². The number of nitrogens with one attached hydrogen (secondary N) is 1. The Labute approximate surface area is 175 Å². The zero-order valence-corrected chi connectivity index (χ0v) is 17.3. The summed E-state index contributed by atoms with van der Waals surface area (Å²) in [5.74, 6) is 0.561. The predicted molar refractivity (Wildman–Crippen MR) is 117 cm³/mol. The molecule has 0 unspecified atom stereocenters. The summed E-state index contributed by atoms with van der Waals surface area (Å²) in [6.45, 7) is 3.47.